The van der Waals surface area contributed by atoms with Crippen LogP contribution < -0.4 is 4.90 Å². The number of rotatable bonds is 2. The topological polar surface area (TPSA) is 3.24 Å². The second-order valence-corrected chi connectivity index (χ2v) is 6.72. The molecule has 0 amide bonds. The summed E-state index contributed by atoms with van der Waals surface area (Å²) < 4.78 is 0. The van der Waals surface area contributed by atoms with Crippen LogP contribution in [0, 0.1) is 0 Å². The maximum absolute atomic E-state index is 2.32. The summed E-state index contributed by atoms with van der Waals surface area (Å²) in [6.45, 7) is 2.32. The molecule has 0 bridgehead atoms. The Morgan fingerprint density at radius 2 is 1.64 bits per heavy atom. The molecule has 0 saturated heterocycles. The molecule has 0 aromatic heterocycles. The van der Waals surface area contributed by atoms with Gasteiger partial charge in [0.2, 0.25) is 0 Å². The Labute approximate surface area is 132 Å². The summed E-state index contributed by atoms with van der Waals surface area (Å²) in [7, 11) is 4.28. The highest BCUT2D eigenvalue weighted by Crippen LogP contribution is 2.47. The predicted octanol–water partition coefficient (Wildman–Crippen LogP) is 4.71. The molecule has 0 saturated carbocycles. The van der Waals surface area contributed by atoms with E-state index in [1.165, 1.54) is 33.5 Å². The van der Waals surface area contributed by atoms with E-state index < -0.39 is 0 Å². The standard InChI is InChI=1S/C21H21N/c1-21(12-6-7-13-21)20-18-14-15-8-4-5-9-16(15)17(18)10-11-19(20)22(2)3/h4-13H,14H2,1-3H3. The number of nitrogens with zero attached hydrogens (tertiary/aromatic N) is 1. The molecule has 1 heteroatoms. The molecule has 0 fully saturated rings. The lowest BCUT2D eigenvalue weighted by molar-refractivity contribution is 0.756. The fourth-order valence-corrected chi connectivity index (χ4v) is 3.91. The van der Waals surface area contributed by atoms with Crippen LogP contribution in [0.15, 0.2) is 60.7 Å². The van der Waals surface area contributed by atoms with Crippen molar-refractivity contribution < 1.29 is 0 Å². The molecule has 2 aliphatic rings. The number of anilines is 1. The zero-order chi connectivity index (χ0) is 15.3. The molecule has 0 spiro atoms. The molecule has 0 N–H and O–H groups in total. The average Bonchev–Trinajstić information content (AvgIpc) is 3.10. The van der Waals surface area contributed by atoms with Gasteiger partial charge < -0.3 is 4.90 Å². The Hall–Kier alpha value is -2.28. The Bertz CT molecular complexity index is 797. The second-order valence-electron chi connectivity index (χ2n) is 6.72. The van der Waals surface area contributed by atoms with Crippen LogP contribution in [0.5, 0.6) is 0 Å². The third kappa shape index (κ3) is 1.78. The normalized spacial score (nSPS) is 16.7. The molecule has 2 aliphatic carbocycles. The molecular formula is C21H21N. The van der Waals surface area contributed by atoms with Gasteiger partial charge in [-0.3, -0.25) is 0 Å². The molecule has 2 aromatic rings. The van der Waals surface area contributed by atoms with E-state index in [1.54, 1.807) is 0 Å². The molecule has 22 heavy (non-hydrogen) atoms. The van der Waals surface area contributed by atoms with Crippen molar-refractivity contribution in [3.05, 3.63) is 77.4 Å². The third-order valence-corrected chi connectivity index (χ3v) is 4.98. The first-order chi connectivity index (χ1) is 10.6. The molecule has 1 nitrogen and oxygen atoms in total. The summed E-state index contributed by atoms with van der Waals surface area (Å²) in [6, 6.07) is 13.4. The summed E-state index contributed by atoms with van der Waals surface area (Å²) in [4.78, 5) is 2.24. The van der Waals surface area contributed by atoms with E-state index in [4.69, 9.17) is 0 Å². The smallest absolute Gasteiger partial charge is 0.0408 e. The van der Waals surface area contributed by atoms with Gasteiger partial charge in [-0.1, -0.05) is 54.6 Å². The number of hydrogen-bond donors (Lipinski definition) is 0. The van der Waals surface area contributed by atoms with Gasteiger partial charge in [0, 0.05) is 25.2 Å². The summed E-state index contributed by atoms with van der Waals surface area (Å²) in [6.07, 6.45) is 10.0. The van der Waals surface area contributed by atoms with Crippen molar-refractivity contribution in [1.82, 2.24) is 0 Å². The highest BCUT2D eigenvalue weighted by molar-refractivity contribution is 5.82. The maximum Gasteiger partial charge on any atom is 0.0408 e. The van der Waals surface area contributed by atoms with Gasteiger partial charge in [0.05, 0.1) is 0 Å². The van der Waals surface area contributed by atoms with Gasteiger partial charge in [0.1, 0.15) is 0 Å². The summed E-state index contributed by atoms with van der Waals surface area (Å²) in [5.74, 6) is 0. The monoisotopic (exact) mass is 287 g/mol. The lowest BCUT2D eigenvalue weighted by atomic mass is 9.78. The first kappa shape index (κ1) is 13.4. The Morgan fingerprint density at radius 1 is 0.909 bits per heavy atom. The minimum Gasteiger partial charge on any atom is -0.377 e. The highest BCUT2D eigenvalue weighted by Gasteiger charge is 2.33. The van der Waals surface area contributed by atoms with E-state index >= 15 is 0 Å². The molecule has 110 valence electrons. The van der Waals surface area contributed by atoms with Crippen molar-refractivity contribution in [3.63, 3.8) is 0 Å². The van der Waals surface area contributed by atoms with Gasteiger partial charge in [-0.15, -0.1) is 0 Å². The Balaban J connectivity index is 2.01. The molecule has 0 aliphatic heterocycles. The lowest BCUT2D eigenvalue weighted by Gasteiger charge is -2.30. The predicted molar refractivity (Wildman–Crippen MR) is 94.6 cm³/mol. The van der Waals surface area contributed by atoms with Crippen LogP contribution in [0.25, 0.3) is 11.1 Å². The van der Waals surface area contributed by atoms with Gasteiger partial charge in [-0.25, -0.2) is 0 Å². The molecule has 0 atom stereocenters. The van der Waals surface area contributed by atoms with Crippen molar-refractivity contribution in [1.29, 1.82) is 0 Å². The second kappa shape index (κ2) is 4.61. The van der Waals surface area contributed by atoms with E-state index in [0.29, 0.717) is 0 Å². The first-order valence-corrected chi connectivity index (χ1v) is 7.89. The number of fused-ring (bicyclic) bond motifs is 3. The van der Waals surface area contributed by atoms with Crippen LogP contribution in [0.1, 0.15) is 23.6 Å². The van der Waals surface area contributed by atoms with Crippen LogP contribution in [0.2, 0.25) is 0 Å². The zero-order valence-electron chi connectivity index (χ0n) is 13.4. The van der Waals surface area contributed by atoms with Crippen molar-refractivity contribution in [2.24, 2.45) is 0 Å². The quantitative estimate of drug-likeness (QED) is 0.660. The largest absolute Gasteiger partial charge is 0.377 e. The molecule has 4 rings (SSSR count). The van der Waals surface area contributed by atoms with Gasteiger partial charge in [-0.05, 0) is 47.2 Å². The molecule has 0 unspecified atom stereocenters. The fraction of sp³-hybridized carbons (Fsp3) is 0.238. The van der Waals surface area contributed by atoms with Crippen molar-refractivity contribution in [2.45, 2.75) is 18.8 Å². The average molecular weight is 287 g/mol. The third-order valence-electron chi connectivity index (χ3n) is 4.98. The fourth-order valence-electron chi connectivity index (χ4n) is 3.91. The van der Waals surface area contributed by atoms with E-state index in [9.17, 15) is 0 Å². The highest BCUT2D eigenvalue weighted by atomic mass is 15.1. The van der Waals surface area contributed by atoms with E-state index in [2.05, 4.69) is 86.6 Å². The van der Waals surface area contributed by atoms with Crippen LogP contribution >= 0.6 is 0 Å². The molecule has 0 heterocycles. The van der Waals surface area contributed by atoms with Gasteiger partial charge in [0.25, 0.3) is 0 Å². The number of allylic oxidation sites excluding steroid dienone is 4. The van der Waals surface area contributed by atoms with Crippen molar-refractivity contribution in [2.75, 3.05) is 19.0 Å². The van der Waals surface area contributed by atoms with Gasteiger partial charge in [0.15, 0.2) is 0 Å². The minimum absolute atomic E-state index is 0.00695. The van der Waals surface area contributed by atoms with Crippen LogP contribution in [0.3, 0.4) is 0 Å². The Kier molecular flexibility index (Phi) is 2.80. The van der Waals surface area contributed by atoms with E-state index in [0.717, 1.165) is 6.42 Å². The summed E-state index contributed by atoms with van der Waals surface area (Å²) in [5.41, 5.74) is 8.52. The lowest BCUT2D eigenvalue weighted by Crippen LogP contribution is -2.22. The summed E-state index contributed by atoms with van der Waals surface area (Å²) in [5, 5.41) is 0. The van der Waals surface area contributed by atoms with E-state index in [1.807, 2.05) is 0 Å². The van der Waals surface area contributed by atoms with Crippen LogP contribution in [0.4, 0.5) is 5.69 Å². The minimum atomic E-state index is -0.00695. The van der Waals surface area contributed by atoms with Gasteiger partial charge in [-0.2, -0.15) is 0 Å². The molecule has 0 radical (unpaired) electrons. The first-order valence-electron chi connectivity index (χ1n) is 7.89. The SMILES string of the molecule is CN(C)c1ccc2c(c1C1(C)C=CC=C1)Cc1ccccc1-2. The van der Waals surface area contributed by atoms with Gasteiger partial charge >= 0.3 is 0 Å². The number of hydrogen-bond acceptors (Lipinski definition) is 1. The van der Waals surface area contributed by atoms with Crippen molar-refractivity contribution >= 4 is 5.69 Å². The maximum atomic E-state index is 2.32. The molecular weight excluding hydrogens is 266 g/mol. The van der Waals surface area contributed by atoms with Crippen LogP contribution in [-0.2, 0) is 11.8 Å². The number of benzene rings is 2. The Morgan fingerprint density at radius 3 is 2.36 bits per heavy atom. The molecule has 2 aromatic carbocycles. The van der Waals surface area contributed by atoms with Crippen molar-refractivity contribution in [3.8, 4) is 11.1 Å². The summed E-state index contributed by atoms with van der Waals surface area (Å²) >= 11 is 0. The van der Waals surface area contributed by atoms with E-state index in [-0.39, 0.29) is 5.41 Å². The zero-order valence-corrected chi connectivity index (χ0v) is 13.4. The van der Waals surface area contributed by atoms with Crippen LogP contribution in [-0.4, -0.2) is 14.1 Å².